The van der Waals surface area contributed by atoms with Gasteiger partial charge in [0.15, 0.2) is 0 Å². The van der Waals surface area contributed by atoms with Crippen LogP contribution in [0.4, 0.5) is 4.39 Å². The number of benzene rings is 1. The van der Waals surface area contributed by atoms with Gasteiger partial charge in [-0.05, 0) is 43.2 Å². The Balaban J connectivity index is 2.04. The number of alkyl halides is 1. The van der Waals surface area contributed by atoms with Crippen LogP contribution in [0.25, 0.3) is 27.7 Å². The van der Waals surface area contributed by atoms with Crippen molar-refractivity contribution >= 4 is 16.6 Å². The minimum absolute atomic E-state index is 0.671. The molecule has 0 saturated carbocycles. The molecule has 0 aliphatic rings. The molecule has 3 aromatic heterocycles. The second-order valence-electron chi connectivity index (χ2n) is 5.54. The molecule has 4 aromatic rings. The molecule has 5 heteroatoms. The van der Waals surface area contributed by atoms with Crippen LogP contribution in [0.1, 0.15) is 24.4 Å². The maximum absolute atomic E-state index is 14.1. The Morgan fingerprint density at radius 3 is 2.86 bits per heavy atom. The largest absolute Gasteiger partial charge is 0.306 e. The summed E-state index contributed by atoms with van der Waals surface area (Å²) < 4.78 is 16.1. The third-order valence-corrected chi connectivity index (χ3v) is 3.95. The van der Waals surface area contributed by atoms with Crippen molar-refractivity contribution in [1.82, 2.24) is 19.6 Å². The van der Waals surface area contributed by atoms with Crippen LogP contribution >= 0.6 is 0 Å². The normalized spacial score (nSPS) is 13.0. The summed E-state index contributed by atoms with van der Waals surface area (Å²) in [6.07, 6.45) is 4.66. The van der Waals surface area contributed by atoms with Gasteiger partial charge < -0.3 is 4.40 Å². The number of aromatic nitrogens is 4. The molecule has 0 spiro atoms. The van der Waals surface area contributed by atoms with E-state index < -0.39 is 6.17 Å². The van der Waals surface area contributed by atoms with Crippen molar-refractivity contribution in [3.63, 3.8) is 0 Å². The molecule has 0 saturated heterocycles. The molecule has 4 rings (SSSR count). The van der Waals surface area contributed by atoms with Crippen molar-refractivity contribution in [1.29, 1.82) is 0 Å². The minimum Gasteiger partial charge on any atom is -0.306 e. The van der Waals surface area contributed by atoms with Crippen molar-refractivity contribution in [2.75, 3.05) is 0 Å². The lowest BCUT2D eigenvalue weighted by molar-refractivity contribution is 0.375. The Kier molecular flexibility index (Phi) is 2.76. The number of aromatic amines is 1. The van der Waals surface area contributed by atoms with E-state index >= 15 is 0 Å². The van der Waals surface area contributed by atoms with Crippen molar-refractivity contribution in [2.45, 2.75) is 20.0 Å². The van der Waals surface area contributed by atoms with Crippen LogP contribution in [0.2, 0.25) is 0 Å². The molecule has 1 unspecified atom stereocenters. The number of fused-ring (bicyclic) bond motifs is 2. The van der Waals surface area contributed by atoms with E-state index in [1.165, 1.54) is 0 Å². The summed E-state index contributed by atoms with van der Waals surface area (Å²) >= 11 is 0. The number of H-pyrrole nitrogens is 1. The van der Waals surface area contributed by atoms with E-state index in [1.54, 1.807) is 13.1 Å². The van der Waals surface area contributed by atoms with Gasteiger partial charge in [0, 0.05) is 23.3 Å². The van der Waals surface area contributed by atoms with Gasteiger partial charge in [-0.3, -0.25) is 5.10 Å². The van der Waals surface area contributed by atoms with Gasteiger partial charge in [-0.15, -0.1) is 0 Å². The molecule has 3 heterocycles. The molecule has 1 atom stereocenters. The number of aryl methyl sites for hydroxylation is 1. The third-order valence-electron chi connectivity index (χ3n) is 3.95. The number of hydrogen-bond donors (Lipinski definition) is 1. The first kappa shape index (κ1) is 13.0. The van der Waals surface area contributed by atoms with E-state index in [1.807, 2.05) is 48.0 Å². The summed E-state index contributed by atoms with van der Waals surface area (Å²) in [6, 6.07) is 7.63. The fourth-order valence-electron chi connectivity index (χ4n) is 2.95. The molecule has 0 bridgehead atoms. The van der Waals surface area contributed by atoms with E-state index in [4.69, 9.17) is 0 Å². The van der Waals surface area contributed by atoms with Crippen molar-refractivity contribution in [3.05, 3.63) is 54.1 Å². The smallest absolute Gasteiger partial charge is 0.136 e. The van der Waals surface area contributed by atoms with E-state index in [-0.39, 0.29) is 0 Å². The molecular formula is C17H15FN4. The maximum Gasteiger partial charge on any atom is 0.136 e. The monoisotopic (exact) mass is 294 g/mol. The highest BCUT2D eigenvalue weighted by Crippen LogP contribution is 2.35. The zero-order valence-electron chi connectivity index (χ0n) is 12.3. The number of imidazole rings is 1. The number of nitrogens with one attached hydrogen (secondary N) is 1. The molecule has 1 N–H and O–H groups in total. The Morgan fingerprint density at radius 1 is 1.18 bits per heavy atom. The first-order chi connectivity index (χ1) is 10.6. The predicted molar refractivity (Wildman–Crippen MR) is 84.5 cm³/mol. The van der Waals surface area contributed by atoms with Crippen LogP contribution < -0.4 is 0 Å². The van der Waals surface area contributed by atoms with Crippen LogP contribution in [0.5, 0.6) is 0 Å². The molecule has 110 valence electrons. The lowest BCUT2D eigenvalue weighted by atomic mass is 9.95. The molecule has 4 nitrogen and oxygen atoms in total. The second kappa shape index (κ2) is 4.66. The van der Waals surface area contributed by atoms with Crippen molar-refractivity contribution in [2.24, 2.45) is 0 Å². The first-order valence-electron chi connectivity index (χ1n) is 7.19. The third kappa shape index (κ3) is 1.89. The fraction of sp³-hybridized carbons (Fsp3) is 0.176. The predicted octanol–water partition coefficient (Wildman–Crippen LogP) is 4.22. The highest BCUT2D eigenvalue weighted by atomic mass is 19.1. The quantitative estimate of drug-likeness (QED) is 0.601. The Labute approximate surface area is 126 Å². The molecule has 1 aromatic carbocycles. The van der Waals surface area contributed by atoms with Gasteiger partial charge in [-0.1, -0.05) is 6.07 Å². The van der Waals surface area contributed by atoms with Gasteiger partial charge >= 0.3 is 0 Å². The number of nitrogens with zero attached hydrogens (tertiary/aromatic N) is 3. The summed E-state index contributed by atoms with van der Waals surface area (Å²) in [5.41, 5.74) is 5.26. The second-order valence-corrected chi connectivity index (χ2v) is 5.54. The van der Waals surface area contributed by atoms with Crippen LogP contribution in [0, 0.1) is 6.92 Å². The van der Waals surface area contributed by atoms with E-state index in [0.717, 1.165) is 33.4 Å². The van der Waals surface area contributed by atoms with E-state index in [0.29, 0.717) is 5.56 Å². The van der Waals surface area contributed by atoms with Gasteiger partial charge in [-0.2, -0.15) is 5.10 Å². The molecule has 0 radical (unpaired) electrons. The summed E-state index contributed by atoms with van der Waals surface area (Å²) in [4.78, 5) is 4.43. The zero-order valence-corrected chi connectivity index (χ0v) is 12.3. The molecule has 22 heavy (non-hydrogen) atoms. The highest BCUT2D eigenvalue weighted by molar-refractivity contribution is 5.96. The highest BCUT2D eigenvalue weighted by Gasteiger charge is 2.16. The molecular weight excluding hydrogens is 279 g/mol. The molecule has 0 amide bonds. The van der Waals surface area contributed by atoms with E-state index in [2.05, 4.69) is 15.2 Å². The fourth-order valence-corrected chi connectivity index (χ4v) is 2.95. The summed E-state index contributed by atoms with van der Waals surface area (Å²) in [7, 11) is 0. The van der Waals surface area contributed by atoms with Crippen molar-refractivity contribution in [3.8, 4) is 11.1 Å². The number of hydrogen-bond acceptors (Lipinski definition) is 2. The SMILES string of the molecule is Cc1cn2cc(-c3c(C(C)F)ccc4[nH]ncc34)ccc2n1. The van der Waals surface area contributed by atoms with Gasteiger partial charge in [0.2, 0.25) is 0 Å². The standard InChI is InChI=1S/C17H15FN4/c1-10-8-22-9-12(3-6-16(22)20-10)17-13(11(2)18)4-5-15-14(17)7-19-21-15/h3-9,11H,1-2H3,(H,19,21). The minimum atomic E-state index is -1.05. The lowest BCUT2D eigenvalue weighted by Gasteiger charge is -2.12. The van der Waals surface area contributed by atoms with Crippen LogP contribution in [0.15, 0.2) is 42.9 Å². The molecule has 0 aliphatic heterocycles. The van der Waals surface area contributed by atoms with Crippen molar-refractivity contribution < 1.29 is 4.39 Å². The number of rotatable bonds is 2. The topological polar surface area (TPSA) is 46.0 Å². The first-order valence-corrected chi connectivity index (χ1v) is 7.19. The van der Waals surface area contributed by atoms with Crippen LogP contribution in [-0.4, -0.2) is 19.6 Å². The Morgan fingerprint density at radius 2 is 2.05 bits per heavy atom. The summed E-state index contributed by atoms with van der Waals surface area (Å²) in [5, 5.41) is 7.96. The average molecular weight is 294 g/mol. The number of halogens is 1. The van der Waals surface area contributed by atoms with Gasteiger partial charge in [-0.25, -0.2) is 9.37 Å². The Hall–Kier alpha value is -2.69. The van der Waals surface area contributed by atoms with Gasteiger partial charge in [0.05, 0.1) is 17.4 Å². The maximum atomic E-state index is 14.1. The number of pyridine rings is 1. The van der Waals surface area contributed by atoms with Crippen LogP contribution in [0.3, 0.4) is 0 Å². The Bertz CT molecular complexity index is 981. The zero-order chi connectivity index (χ0) is 15.3. The summed E-state index contributed by atoms with van der Waals surface area (Å²) in [5.74, 6) is 0. The van der Waals surface area contributed by atoms with Crippen LogP contribution in [-0.2, 0) is 0 Å². The average Bonchev–Trinajstić information content (AvgIpc) is 3.09. The van der Waals surface area contributed by atoms with E-state index in [9.17, 15) is 4.39 Å². The molecule has 0 aliphatic carbocycles. The summed E-state index contributed by atoms with van der Waals surface area (Å²) in [6.45, 7) is 3.52. The molecule has 0 fully saturated rings. The lowest BCUT2D eigenvalue weighted by Crippen LogP contribution is -1.94. The van der Waals surface area contributed by atoms with Gasteiger partial charge in [0.1, 0.15) is 11.8 Å². The van der Waals surface area contributed by atoms with Gasteiger partial charge in [0.25, 0.3) is 0 Å².